The first-order chi connectivity index (χ1) is 13.2. The molecule has 1 aromatic heterocycles. The molecule has 1 aliphatic rings. The Kier molecular flexibility index (Phi) is 7.59. The Morgan fingerprint density at radius 2 is 1.74 bits per heavy atom. The summed E-state index contributed by atoms with van der Waals surface area (Å²) in [6.07, 6.45) is 8.29. The van der Waals surface area contributed by atoms with Crippen molar-refractivity contribution in [1.82, 2.24) is 4.98 Å². The molecule has 5 nitrogen and oxygen atoms in total. The Bertz CT molecular complexity index is 748. The Hall–Kier alpha value is -1.99. The number of carbonyl (C=O) groups is 2. The molecule has 0 bridgehead atoms. The third-order valence-electron chi connectivity index (χ3n) is 4.28. The number of carbonyl (C=O) groups excluding carboxylic acids is 2. The SMILES string of the molecule is O=C(CCCCC1CCSS1)Nc1ccc(C(=O)Nc2ccncc2)cc1. The summed E-state index contributed by atoms with van der Waals surface area (Å²) in [6, 6.07) is 10.4. The highest BCUT2D eigenvalue weighted by atomic mass is 33.1. The van der Waals surface area contributed by atoms with E-state index in [1.54, 1.807) is 48.8 Å². The average molecular weight is 402 g/mol. The largest absolute Gasteiger partial charge is 0.326 e. The van der Waals surface area contributed by atoms with Gasteiger partial charge >= 0.3 is 0 Å². The van der Waals surface area contributed by atoms with Crippen molar-refractivity contribution in [3.63, 3.8) is 0 Å². The van der Waals surface area contributed by atoms with Gasteiger partial charge in [0, 0.05) is 46.8 Å². The van der Waals surface area contributed by atoms with Gasteiger partial charge in [-0.15, -0.1) is 0 Å². The van der Waals surface area contributed by atoms with Crippen molar-refractivity contribution in [3.8, 4) is 0 Å². The molecular weight excluding hydrogens is 378 g/mol. The van der Waals surface area contributed by atoms with Crippen LogP contribution >= 0.6 is 21.6 Å². The molecule has 1 unspecified atom stereocenters. The molecule has 2 amide bonds. The monoisotopic (exact) mass is 401 g/mol. The minimum atomic E-state index is -0.193. The first-order valence-corrected chi connectivity index (χ1v) is 11.5. The average Bonchev–Trinajstić information content (AvgIpc) is 3.20. The number of rotatable bonds is 8. The van der Waals surface area contributed by atoms with Crippen molar-refractivity contribution < 1.29 is 9.59 Å². The van der Waals surface area contributed by atoms with Gasteiger partial charge in [0.05, 0.1) is 0 Å². The predicted molar refractivity (Wildman–Crippen MR) is 114 cm³/mol. The van der Waals surface area contributed by atoms with Crippen LogP contribution in [0, 0.1) is 0 Å². The number of anilines is 2. The summed E-state index contributed by atoms with van der Waals surface area (Å²) in [5, 5.41) is 6.47. The lowest BCUT2D eigenvalue weighted by Crippen LogP contribution is -2.13. The van der Waals surface area contributed by atoms with Crippen LogP contribution in [-0.4, -0.2) is 27.8 Å². The first-order valence-electron chi connectivity index (χ1n) is 9.10. The molecule has 0 radical (unpaired) electrons. The molecule has 1 saturated heterocycles. The summed E-state index contributed by atoms with van der Waals surface area (Å²) < 4.78 is 0. The van der Waals surface area contributed by atoms with Crippen LogP contribution < -0.4 is 10.6 Å². The summed E-state index contributed by atoms with van der Waals surface area (Å²) in [5.74, 6) is 1.09. The summed E-state index contributed by atoms with van der Waals surface area (Å²) in [5.41, 5.74) is 1.95. The van der Waals surface area contributed by atoms with Gasteiger partial charge in [0.1, 0.15) is 0 Å². The fraction of sp³-hybridized carbons (Fsp3) is 0.350. The molecule has 0 spiro atoms. The van der Waals surface area contributed by atoms with E-state index in [2.05, 4.69) is 15.6 Å². The molecule has 2 aromatic rings. The molecule has 1 aliphatic heterocycles. The van der Waals surface area contributed by atoms with Crippen molar-refractivity contribution in [3.05, 3.63) is 54.4 Å². The van der Waals surface area contributed by atoms with Crippen LogP contribution in [0.25, 0.3) is 0 Å². The summed E-state index contributed by atoms with van der Waals surface area (Å²) in [6.45, 7) is 0. The lowest BCUT2D eigenvalue weighted by atomic mass is 10.1. The van der Waals surface area contributed by atoms with Crippen LogP contribution in [0.4, 0.5) is 11.4 Å². The number of pyridine rings is 1. The van der Waals surface area contributed by atoms with Gasteiger partial charge in [0.15, 0.2) is 0 Å². The maximum Gasteiger partial charge on any atom is 0.255 e. The zero-order valence-electron chi connectivity index (χ0n) is 15.0. The number of nitrogens with zero attached hydrogens (tertiary/aromatic N) is 1. The normalized spacial score (nSPS) is 16.1. The van der Waals surface area contributed by atoms with Crippen LogP contribution in [0.3, 0.4) is 0 Å². The van der Waals surface area contributed by atoms with Gasteiger partial charge in [0.2, 0.25) is 5.91 Å². The van der Waals surface area contributed by atoms with E-state index >= 15 is 0 Å². The summed E-state index contributed by atoms with van der Waals surface area (Å²) in [7, 11) is 3.95. The topological polar surface area (TPSA) is 71.1 Å². The fourth-order valence-corrected chi connectivity index (χ4v) is 5.82. The number of aromatic nitrogens is 1. The maximum atomic E-state index is 12.2. The number of amides is 2. The zero-order valence-corrected chi connectivity index (χ0v) is 16.7. The maximum absolute atomic E-state index is 12.2. The molecule has 142 valence electrons. The van der Waals surface area contributed by atoms with E-state index in [0.29, 0.717) is 23.4 Å². The summed E-state index contributed by atoms with van der Waals surface area (Å²) >= 11 is 0. The highest BCUT2D eigenvalue weighted by molar-refractivity contribution is 8.77. The first kappa shape index (κ1) is 19.8. The number of hydrogen-bond donors (Lipinski definition) is 2. The number of nitrogens with one attached hydrogen (secondary N) is 2. The highest BCUT2D eigenvalue weighted by Crippen LogP contribution is 2.39. The van der Waals surface area contributed by atoms with E-state index in [1.807, 2.05) is 21.6 Å². The highest BCUT2D eigenvalue weighted by Gasteiger charge is 2.15. The van der Waals surface area contributed by atoms with Gasteiger partial charge in [0.25, 0.3) is 5.91 Å². The molecule has 7 heteroatoms. The number of hydrogen-bond acceptors (Lipinski definition) is 5. The summed E-state index contributed by atoms with van der Waals surface area (Å²) in [4.78, 5) is 28.2. The van der Waals surface area contributed by atoms with Gasteiger partial charge in [-0.1, -0.05) is 28.0 Å². The quantitative estimate of drug-likeness (QED) is 0.482. The Morgan fingerprint density at radius 3 is 2.44 bits per heavy atom. The van der Waals surface area contributed by atoms with Crippen molar-refractivity contribution in [2.75, 3.05) is 16.4 Å². The Balaban J connectivity index is 1.40. The predicted octanol–water partition coefficient (Wildman–Crippen LogP) is 4.99. The Morgan fingerprint density at radius 1 is 1.00 bits per heavy atom. The van der Waals surface area contributed by atoms with Crippen LogP contribution in [0.1, 0.15) is 42.5 Å². The van der Waals surface area contributed by atoms with Crippen molar-refractivity contribution >= 4 is 44.8 Å². The smallest absolute Gasteiger partial charge is 0.255 e. The van der Waals surface area contributed by atoms with Crippen molar-refractivity contribution in [1.29, 1.82) is 0 Å². The second kappa shape index (κ2) is 10.4. The minimum absolute atomic E-state index is 0.0254. The fourth-order valence-electron chi connectivity index (χ4n) is 2.79. The molecule has 27 heavy (non-hydrogen) atoms. The van der Waals surface area contributed by atoms with Gasteiger partial charge in [-0.2, -0.15) is 0 Å². The van der Waals surface area contributed by atoms with Gasteiger partial charge < -0.3 is 10.6 Å². The van der Waals surface area contributed by atoms with Crippen LogP contribution in [0.5, 0.6) is 0 Å². The van der Waals surface area contributed by atoms with Gasteiger partial charge in [-0.3, -0.25) is 14.6 Å². The minimum Gasteiger partial charge on any atom is -0.326 e. The van der Waals surface area contributed by atoms with Crippen LogP contribution in [0.2, 0.25) is 0 Å². The molecule has 2 N–H and O–H groups in total. The third-order valence-corrected chi connectivity index (χ3v) is 7.28. The van der Waals surface area contributed by atoms with E-state index < -0.39 is 0 Å². The van der Waals surface area contributed by atoms with E-state index in [1.165, 1.54) is 18.6 Å². The molecule has 2 heterocycles. The number of unbranched alkanes of at least 4 members (excludes halogenated alkanes) is 1. The Labute approximate surface area is 167 Å². The zero-order chi connectivity index (χ0) is 18.9. The van der Waals surface area contributed by atoms with Crippen molar-refractivity contribution in [2.45, 2.75) is 37.4 Å². The molecule has 0 aliphatic carbocycles. The molecule has 0 saturated carbocycles. The lowest BCUT2D eigenvalue weighted by Gasteiger charge is -2.08. The number of benzene rings is 1. The van der Waals surface area contributed by atoms with E-state index in [-0.39, 0.29) is 11.8 Å². The van der Waals surface area contributed by atoms with Crippen LogP contribution in [-0.2, 0) is 4.79 Å². The molecule has 3 rings (SSSR count). The second-order valence-electron chi connectivity index (χ2n) is 6.39. The molecule has 1 atom stereocenters. The van der Waals surface area contributed by atoms with Crippen molar-refractivity contribution in [2.24, 2.45) is 0 Å². The third kappa shape index (κ3) is 6.59. The van der Waals surface area contributed by atoms with E-state index in [0.717, 1.165) is 18.1 Å². The molecule has 1 aromatic carbocycles. The second-order valence-corrected chi connectivity index (χ2v) is 9.18. The van der Waals surface area contributed by atoms with Gasteiger partial charge in [-0.05, 0) is 55.7 Å². The van der Waals surface area contributed by atoms with E-state index in [9.17, 15) is 9.59 Å². The lowest BCUT2D eigenvalue weighted by molar-refractivity contribution is -0.116. The molecular formula is C20H23N3O2S2. The van der Waals surface area contributed by atoms with Gasteiger partial charge in [-0.25, -0.2) is 0 Å². The van der Waals surface area contributed by atoms with E-state index in [4.69, 9.17) is 0 Å². The standard InChI is InChI=1S/C20H23N3O2S2/c24-19(4-2-1-3-18-11-14-26-27-18)22-16-7-5-15(6-8-16)20(25)23-17-9-12-21-13-10-17/h5-10,12-13,18H,1-4,11,14H2,(H,22,24)(H,21,23,25). The molecule has 1 fully saturated rings. The van der Waals surface area contributed by atoms with Crippen LogP contribution in [0.15, 0.2) is 48.8 Å².